The summed E-state index contributed by atoms with van der Waals surface area (Å²) >= 11 is 12.7. The molecule has 0 atom stereocenters. The van der Waals surface area contributed by atoms with Gasteiger partial charge in [0, 0.05) is 0 Å². The van der Waals surface area contributed by atoms with Gasteiger partial charge >= 0.3 is 0 Å². The fourth-order valence-electron chi connectivity index (χ4n) is 1.93. The van der Waals surface area contributed by atoms with E-state index in [1.807, 2.05) is 24.3 Å². The van der Waals surface area contributed by atoms with Crippen molar-refractivity contribution in [2.45, 2.75) is 6.92 Å². The first-order chi connectivity index (χ1) is 11.6. The summed E-state index contributed by atoms with van der Waals surface area (Å²) in [4.78, 5) is 5.00. The summed E-state index contributed by atoms with van der Waals surface area (Å²) in [6, 6.07) is 7.57. The molecule has 0 bridgehead atoms. The van der Waals surface area contributed by atoms with E-state index >= 15 is 0 Å². The number of nitrogens with zero attached hydrogens (tertiary/aromatic N) is 4. The van der Waals surface area contributed by atoms with Crippen molar-refractivity contribution in [2.75, 3.05) is 12.4 Å². The number of anilines is 2. The van der Waals surface area contributed by atoms with Crippen molar-refractivity contribution in [3.8, 4) is 5.75 Å². The zero-order valence-corrected chi connectivity index (χ0v) is 15.2. The molecule has 0 aliphatic heterocycles. The van der Waals surface area contributed by atoms with Gasteiger partial charge in [0.15, 0.2) is 10.3 Å². The lowest BCUT2D eigenvalue weighted by molar-refractivity contribution is 0.417. The average Bonchev–Trinajstić information content (AvgIpc) is 3.08. The van der Waals surface area contributed by atoms with Crippen molar-refractivity contribution < 1.29 is 4.74 Å². The molecule has 3 aromatic rings. The van der Waals surface area contributed by atoms with E-state index < -0.39 is 0 Å². The molecule has 0 aliphatic carbocycles. The number of thiazole rings is 1. The second kappa shape index (κ2) is 7.12. The van der Waals surface area contributed by atoms with Crippen LogP contribution in [-0.4, -0.2) is 33.2 Å². The maximum atomic E-state index is 6.18. The number of hydrogen-bond acceptors (Lipinski definition) is 7. The number of halogens is 1. The minimum absolute atomic E-state index is 0.355. The standard InChI is InChI=1S/C14H13ClN6OS2/c1-8-19-20-14(23)21(8)16-7-11-12(15)18-13(24-11)17-9-5-3-4-6-10(9)22-2/h3-7H,1-2H3,(H,17,18)(H,20,23)/b16-7+. The predicted molar refractivity (Wildman–Crippen MR) is 98.5 cm³/mol. The SMILES string of the molecule is COc1ccccc1Nc1nc(Cl)c(/C=N/n2c(C)n[nH]c2=S)s1. The van der Waals surface area contributed by atoms with Crippen LogP contribution < -0.4 is 10.1 Å². The van der Waals surface area contributed by atoms with Crippen molar-refractivity contribution in [2.24, 2.45) is 5.10 Å². The van der Waals surface area contributed by atoms with Crippen molar-refractivity contribution in [1.82, 2.24) is 19.9 Å². The van der Waals surface area contributed by atoms with Gasteiger partial charge in [0.2, 0.25) is 4.77 Å². The largest absolute Gasteiger partial charge is 0.495 e. The van der Waals surface area contributed by atoms with Crippen LogP contribution in [0.5, 0.6) is 5.75 Å². The molecule has 7 nitrogen and oxygen atoms in total. The lowest BCUT2D eigenvalue weighted by Crippen LogP contribution is -1.93. The van der Waals surface area contributed by atoms with Crippen LogP contribution in [0.4, 0.5) is 10.8 Å². The van der Waals surface area contributed by atoms with Crippen molar-refractivity contribution >= 4 is 52.2 Å². The van der Waals surface area contributed by atoms with Gasteiger partial charge in [0.25, 0.3) is 0 Å². The van der Waals surface area contributed by atoms with E-state index in [1.165, 1.54) is 16.0 Å². The molecule has 24 heavy (non-hydrogen) atoms. The molecule has 10 heteroatoms. The number of aromatic amines is 1. The number of para-hydroxylation sites is 2. The molecule has 3 rings (SSSR count). The fraction of sp³-hybridized carbons (Fsp3) is 0.143. The first kappa shape index (κ1) is 16.6. The number of aromatic nitrogens is 4. The molecule has 0 saturated carbocycles. The molecule has 2 aromatic heterocycles. The third-order valence-corrected chi connectivity index (χ3v) is 4.63. The Morgan fingerprint density at radius 3 is 2.96 bits per heavy atom. The van der Waals surface area contributed by atoms with Gasteiger partial charge in [0.05, 0.1) is 23.9 Å². The highest BCUT2D eigenvalue weighted by Gasteiger charge is 2.10. The zero-order chi connectivity index (χ0) is 17.1. The Balaban J connectivity index is 1.84. The quantitative estimate of drug-likeness (QED) is 0.516. The number of ether oxygens (including phenoxy) is 1. The zero-order valence-electron chi connectivity index (χ0n) is 12.8. The molecule has 2 heterocycles. The van der Waals surface area contributed by atoms with Crippen LogP contribution in [0, 0.1) is 11.7 Å². The molecule has 0 amide bonds. The van der Waals surface area contributed by atoms with E-state index in [1.54, 1.807) is 20.2 Å². The van der Waals surface area contributed by atoms with Gasteiger partial charge in [-0.25, -0.2) is 4.98 Å². The third-order valence-electron chi connectivity index (χ3n) is 3.06. The van der Waals surface area contributed by atoms with Crippen LogP contribution in [0.2, 0.25) is 5.15 Å². The lowest BCUT2D eigenvalue weighted by Gasteiger charge is -2.07. The van der Waals surface area contributed by atoms with Crippen LogP contribution in [-0.2, 0) is 0 Å². The Morgan fingerprint density at radius 1 is 1.46 bits per heavy atom. The predicted octanol–water partition coefficient (Wildman–Crippen LogP) is 3.99. The molecule has 0 spiro atoms. The first-order valence-corrected chi connectivity index (χ1v) is 8.43. The van der Waals surface area contributed by atoms with Gasteiger partial charge in [-0.2, -0.15) is 14.9 Å². The Hall–Kier alpha value is -2.23. The van der Waals surface area contributed by atoms with Gasteiger partial charge in [-0.1, -0.05) is 35.1 Å². The third kappa shape index (κ3) is 3.48. The highest BCUT2D eigenvalue weighted by Crippen LogP contribution is 2.31. The van der Waals surface area contributed by atoms with Crippen LogP contribution >= 0.6 is 35.2 Å². The molecule has 0 fully saturated rings. The summed E-state index contributed by atoms with van der Waals surface area (Å²) in [6.07, 6.45) is 1.60. The number of hydrogen-bond donors (Lipinski definition) is 2. The van der Waals surface area contributed by atoms with Gasteiger partial charge < -0.3 is 10.1 Å². The second-order valence-corrected chi connectivity index (χ2v) is 6.41. The van der Waals surface area contributed by atoms with Crippen molar-refractivity contribution in [3.63, 3.8) is 0 Å². The average molecular weight is 381 g/mol. The number of rotatable bonds is 5. The van der Waals surface area contributed by atoms with Gasteiger partial charge in [-0.05, 0) is 31.3 Å². The van der Waals surface area contributed by atoms with E-state index in [0.29, 0.717) is 25.8 Å². The maximum absolute atomic E-state index is 6.18. The van der Waals surface area contributed by atoms with Gasteiger partial charge in [0.1, 0.15) is 11.6 Å². The number of aryl methyl sites for hydroxylation is 1. The molecule has 0 aliphatic rings. The molecule has 1 aromatic carbocycles. The van der Waals surface area contributed by atoms with Crippen molar-refractivity contribution in [1.29, 1.82) is 0 Å². The summed E-state index contributed by atoms with van der Waals surface area (Å²) in [7, 11) is 1.62. The number of benzene rings is 1. The van der Waals surface area contributed by atoms with Gasteiger partial charge in [-0.3, -0.25) is 5.10 Å². The summed E-state index contributed by atoms with van der Waals surface area (Å²) < 4.78 is 7.23. The normalized spacial score (nSPS) is 11.1. The fourth-order valence-corrected chi connectivity index (χ4v) is 3.19. The Bertz CT molecular complexity index is 945. The first-order valence-electron chi connectivity index (χ1n) is 6.83. The maximum Gasteiger partial charge on any atom is 0.216 e. The van der Waals surface area contributed by atoms with Gasteiger partial charge in [-0.15, -0.1) is 0 Å². The Kier molecular flexibility index (Phi) is 4.93. The number of nitrogens with one attached hydrogen (secondary N) is 2. The lowest BCUT2D eigenvalue weighted by atomic mass is 10.3. The second-order valence-electron chi connectivity index (χ2n) is 4.63. The van der Waals surface area contributed by atoms with Crippen molar-refractivity contribution in [3.05, 3.63) is 44.9 Å². The molecule has 2 N–H and O–H groups in total. The molecule has 0 unspecified atom stereocenters. The van der Waals surface area contributed by atoms with E-state index in [4.69, 9.17) is 28.6 Å². The monoisotopic (exact) mass is 380 g/mol. The smallest absolute Gasteiger partial charge is 0.216 e. The molecular weight excluding hydrogens is 368 g/mol. The minimum Gasteiger partial charge on any atom is -0.495 e. The summed E-state index contributed by atoms with van der Waals surface area (Å²) in [5.41, 5.74) is 0.807. The Labute approximate surface area is 152 Å². The Morgan fingerprint density at radius 2 is 2.25 bits per heavy atom. The summed E-state index contributed by atoms with van der Waals surface area (Å²) in [6.45, 7) is 1.80. The van der Waals surface area contributed by atoms with E-state index in [2.05, 4.69) is 25.6 Å². The van der Waals surface area contributed by atoms with Crippen LogP contribution in [0.25, 0.3) is 0 Å². The topological polar surface area (TPSA) is 80.1 Å². The highest BCUT2D eigenvalue weighted by atomic mass is 35.5. The van der Waals surface area contributed by atoms with E-state index in [0.717, 1.165) is 11.4 Å². The molecule has 124 valence electrons. The van der Waals surface area contributed by atoms with E-state index in [-0.39, 0.29) is 0 Å². The summed E-state index contributed by atoms with van der Waals surface area (Å²) in [5, 5.41) is 15.1. The number of H-pyrrole nitrogens is 1. The molecule has 0 saturated heterocycles. The summed E-state index contributed by atoms with van der Waals surface area (Å²) in [5.74, 6) is 1.38. The van der Waals surface area contributed by atoms with E-state index in [9.17, 15) is 0 Å². The van der Waals surface area contributed by atoms with Crippen LogP contribution in [0.3, 0.4) is 0 Å². The molecular formula is C14H13ClN6OS2. The number of methoxy groups -OCH3 is 1. The highest BCUT2D eigenvalue weighted by molar-refractivity contribution is 7.71. The molecule has 0 radical (unpaired) electrons. The van der Waals surface area contributed by atoms with Crippen LogP contribution in [0.1, 0.15) is 10.7 Å². The minimum atomic E-state index is 0.355. The van der Waals surface area contributed by atoms with Crippen LogP contribution in [0.15, 0.2) is 29.4 Å².